The number of benzene rings is 1. The van der Waals surface area contributed by atoms with Gasteiger partial charge in [-0.25, -0.2) is 8.42 Å². The van der Waals surface area contributed by atoms with E-state index in [1.54, 1.807) is 19.1 Å². The van der Waals surface area contributed by atoms with E-state index in [4.69, 9.17) is 5.73 Å². The third kappa shape index (κ3) is 1.87. The first-order valence-electron chi connectivity index (χ1n) is 5.43. The van der Waals surface area contributed by atoms with Gasteiger partial charge in [-0.3, -0.25) is 4.31 Å². The van der Waals surface area contributed by atoms with E-state index in [2.05, 4.69) is 0 Å². The third-order valence-corrected chi connectivity index (χ3v) is 4.66. The van der Waals surface area contributed by atoms with Gasteiger partial charge >= 0.3 is 0 Å². The van der Waals surface area contributed by atoms with E-state index in [1.807, 2.05) is 6.07 Å². The molecule has 1 aromatic rings. The van der Waals surface area contributed by atoms with Gasteiger partial charge in [-0.15, -0.1) is 0 Å². The minimum atomic E-state index is -3.15. The number of nitrogens with two attached hydrogens (primary N) is 1. The van der Waals surface area contributed by atoms with Gasteiger partial charge in [0.05, 0.1) is 11.4 Å². The summed E-state index contributed by atoms with van der Waals surface area (Å²) >= 11 is 0. The molecule has 0 saturated heterocycles. The van der Waals surface area contributed by atoms with Crippen molar-refractivity contribution in [2.45, 2.75) is 19.8 Å². The predicted molar refractivity (Wildman–Crippen MR) is 66.0 cm³/mol. The summed E-state index contributed by atoms with van der Waals surface area (Å²) in [7, 11) is -3.15. The molecule has 1 aromatic carbocycles. The summed E-state index contributed by atoms with van der Waals surface area (Å²) in [5.41, 5.74) is 8.21. The largest absolute Gasteiger partial charge is 0.399 e. The average Bonchev–Trinajstić information content (AvgIpc) is 2.27. The lowest BCUT2D eigenvalue weighted by Gasteiger charge is -2.30. The number of nitrogen functional groups attached to an aromatic ring is 1. The summed E-state index contributed by atoms with van der Waals surface area (Å²) in [6.45, 7) is 2.24. The molecule has 4 nitrogen and oxygen atoms in total. The molecule has 1 aliphatic rings. The van der Waals surface area contributed by atoms with Crippen molar-refractivity contribution < 1.29 is 8.42 Å². The molecule has 0 aromatic heterocycles. The van der Waals surface area contributed by atoms with Gasteiger partial charge in [-0.2, -0.15) is 0 Å². The van der Waals surface area contributed by atoms with Crippen molar-refractivity contribution in [1.29, 1.82) is 0 Å². The Morgan fingerprint density at radius 1 is 1.44 bits per heavy atom. The van der Waals surface area contributed by atoms with Crippen LogP contribution in [0.2, 0.25) is 0 Å². The average molecular weight is 240 g/mol. The maximum absolute atomic E-state index is 11.9. The first-order valence-corrected chi connectivity index (χ1v) is 7.04. The molecule has 2 rings (SSSR count). The summed E-state index contributed by atoms with van der Waals surface area (Å²) in [6, 6.07) is 5.42. The molecule has 1 heterocycles. The van der Waals surface area contributed by atoms with Crippen LogP contribution in [0.3, 0.4) is 0 Å². The van der Waals surface area contributed by atoms with Gasteiger partial charge in [-0.05, 0) is 43.5 Å². The molecule has 88 valence electrons. The first-order chi connectivity index (χ1) is 7.54. The van der Waals surface area contributed by atoms with Gasteiger partial charge < -0.3 is 5.73 Å². The lowest BCUT2D eigenvalue weighted by Crippen LogP contribution is -2.36. The molecular formula is C11H16N2O2S. The first kappa shape index (κ1) is 11.3. The molecule has 0 saturated carbocycles. The molecule has 0 atom stereocenters. The standard InChI is InChI=1S/C11H16N2O2S/c1-2-16(14,15)13-7-3-4-9-8-10(12)5-6-11(9)13/h5-6,8H,2-4,7,12H2,1H3. The van der Waals surface area contributed by atoms with E-state index in [0.717, 1.165) is 24.1 Å². The van der Waals surface area contributed by atoms with Crippen LogP contribution in [-0.4, -0.2) is 20.7 Å². The van der Waals surface area contributed by atoms with E-state index in [9.17, 15) is 8.42 Å². The van der Waals surface area contributed by atoms with E-state index in [1.165, 1.54) is 4.31 Å². The van der Waals surface area contributed by atoms with Crippen LogP contribution in [0, 0.1) is 0 Å². The quantitative estimate of drug-likeness (QED) is 0.794. The number of rotatable bonds is 2. The molecule has 0 aliphatic carbocycles. The van der Waals surface area contributed by atoms with Crippen LogP contribution in [0.25, 0.3) is 0 Å². The summed E-state index contributed by atoms with van der Waals surface area (Å²) in [6.07, 6.45) is 1.76. The number of fused-ring (bicyclic) bond motifs is 1. The Bertz CT molecular complexity index is 497. The topological polar surface area (TPSA) is 63.4 Å². The highest BCUT2D eigenvalue weighted by molar-refractivity contribution is 7.92. The van der Waals surface area contributed by atoms with Crippen molar-refractivity contribution in [3.63, 3.8) is 0 Å². The van der Waals surface area contributed by atoms with E-state index >= 15 is 0 Å². The molecular weight excluding hydrogens is 224 g/mol. The predicted octanol–water partition coefficient (Wildman–Crippen LogP) is 1.37. The molecule has 0 unspecified atom stereocenters. The second kappa shape index (κ2) is 3.97. The Morgan fingerprint density at radius 3 is 2.88 bits per heavy atom. The summed E-state index contributed by atoms with van der Waals surface area (Å²) in [4.78, 5) is 0. The maximum Gasteiger partial charge on any atom is 0.234 e. The smallest absolute Gasteiger partial charge is 0.234 e. The number of hydrogen-bond acceptors (Lipinski definition) is 3. The van der Waals surface area contributed by atoms with E-state index < -0.39 is 10.0 Å². The zero-order valence-electron chi connectivity index (χ0n) is 9.31. The molecule has 0 fully saturated rings. The van der Waals surface area contributed by atoms with Crippen molar-refractivity contribution in [2.24, 2.45) is 0 Å². The fraction of sp³-hybridized carbons (Fsp3) is 0.455. The minimum absolute atomic E-state index is 0.136. The van der Waals surface area contributed by atoms with Crippen LogP contribution in [0.4, 0.5) is 11.4 Å². The van der Waals surface area contributed by atoms with Gasteiger partial charge in [0.25, 0.3) is 0 Å². The third-order valence-electron chi connectivity index (χ3n) is 2.88. The van der Waals surface area contributed by atoms with Crippen LogP contribution < -0.4 is 10.0 Å². The zero-order chi connectivity index (χ0) is 11.8. The lowest BCUT2D eigenvalue weighted by atomic mass is 10.0. The lowest BCUT2D eigenvalue weighted by molar-refractivity contribution is 0.588. The van der Waals surface area contributed by atoms with Gasteiger partial charge in [-0.1, -0.05) is 0 Å². The van der Waals surface area contributed by atoms with Crippen molar-refractivity contribution in [1.82, 2.24) is 0 Å². The monoisotopic (exact) mass is 240 g/mol. The number of aryl methyl sites for hydroxylation is 1. The van der Waals surface area contributed by atoms with Gasteiger partial charge in [0.2, 0.25) is 10.0 Å². The normalized spacial score (nSPS) is 15.9. The minimum Gasteiger partial charge on any atom is -0.399 e. The molecule has 0 radical (unpaired) electrons. The Balaban J connectivity index is 2.49. The number of anilines is 2. The second-order valence-corrected chi connectivity index (χ2v) is 6.15. The van der Waals surface area contributed by atoms with Crippen LogP contribution in [-0.2, 0) is 16.4 Å². The van der Waals surface area contributed by atoms with Crippen molar-refractivity contribution in [3.05, 3.63) is 23.8 Å². The van der Waals surface area contributed by atoms with Crippen LogP contribution >= 0.6 is 0 Å². The van der Waals surface area contributed by atoms with Gasteiger partial charge in [0.1, 0.15) is 0 Å². The van der Waals surface area contributed by atoms with Gasteiger partial charge in [0, 0.05) is 12.2 Å². The zero-order valence-corrected chi connectivity index (χ0v) is 10.1. The number of hydrogen-bond donors (Lipinski definition) is 1. The Morgan fingerprint density at radius 2 is 2.19 bits per heavy atom. The van der Waals surface area contributed by atoms with Gasteiger partial charge in [0.15, 0.2) is 0 Å². The molecule has 5 heteroatoms. The molecule has 0 bridgehead atoms. The highest BCUT2D eigenvalue weighted by Crippen LogP contribution is 2.30. The second-order valence-electron chi connectivity index (χ2n) is 3.96. The maximum atomic E-state index is 11.9. The van der Waals surface area contributed by atoms with Crippen LogP contribution in [0.5, 0.6) is 0 Å². The summed E-state index contributed by atoms with van der Waals surface area (Å²) in [5, 5.41) is 0. The Hall–Kier alpha value is -1.23. The molecule has 1 aliphatic heterocycles. The summed E-state index contributed by atoms with van der Waals surface area (Å²) < 4.78 is 25.3. The fourth-order valence-electron chi connectivity index (χ4n) is 2.03. The van der Waals surface area contributed by atoms with Crippen molar-refractivity contribution in [2.75, 3.05) is 22.3 Å². The van der Waals surface area contributed by atoms with Crippen LogP contribution in [0.15, 0.2) is 18.2 Å². The number of nitrogens with zero attached hydrogens (tertiary/aromatic N) is 1. The molecule has 0 spiro atoms. The van der Waals surface area contributed by atoms with Crippen molar-refractivity contribution in [3.8, 4) is 0 Å². The van der Waals surface area contributed by atoms with Crippen molar-refractivity contribution >= 4 is 21.4 Å². The van der Waals surface area contributed by atoms with E-state index in [0.29, 0.717) is 12.2 Å². The summed E-state index contributed by atoms with van der Waals surface area (Å²) in [5.74, 6) is 0.136. The molecule has 2 N–H and O–H groups in total. The SMILES string of the molecule is CCS(=O)(=O)N1CCCc2cc(N)ccc21. The molecule has 16 heavy (non-hydrogen) atoms. The Labute approximate surface area is 96.1 Å². The highest BCUT2D eigenvalue weighted by Gasteiger charge is 2.25. The Kier molecular flexibility index (Phi) is 2.80. The molecule has 0 amide bonds. The van der Waals surface area contributed by atoms with E-state index in [-0.39, 0.29) is 5.75 Å². The van der Waals surface area contributed by atoms with Crippen LogP contribution in [0.1, 0.15) is 18.9 Å². The number of sulfonamides is 1. The fourth-order valence-corrected chi connectivity index (χ4v) is 3.22. The highest BCUT2D eigenvalue weighted by atomic mass is 32.2.